The van der Waals surface area contributed by atoms with Gasteiger partial charge in [-0.15, -0.1) is 0 Å². The highest BCUT2D eigenvalue weighted by molar-refractivity contribution is 6.03. The zero-order valence-electron chi connectivity index (χ0n) is 21.5. The zero-order chi connectivity index (χ0) is 26.3. The Kier molecular flexibility index (Phi) is 8.39. The molecular weight excluding hydrogens is 472 g/mol. The van der Waals surface area contributed by atoms with Gasteiger partial charge in [0, 0.05) is 22.9 Å². The first kappa shape index (κ1) is 26.2. The highest BCUT2D eigenvalue weighted by Gasteiger charge is 2.20. The molecule has 10 heteroatoms. The van der Waals surface area contributed by atoms with Crippen LogP contribution in [0.2, 0.25) is 0 Å². The van der Waals surface area contributed by atoms with E-state index in [1.807, 2.05) is 20.8 Å². The summed E-state index contributed by atoms with van der Waals surface area (Å²) in [5.74, 6) is 1.28. The summed E-state index contributed by atoms with van der Waals surface area (Å²) in [6.07, 6.45) is 4.97. The molecule has 10 nitrogen and oxygen atoms in total. The average Bonchev–Trinajstić information content (AvgIpc) is 3.35. The zero-order valence-corrected chi connectivity index (χ0v) is 21.5. The maximum atomic E-state index is 12.6. The fraction of sp³-hybridized carbons (Fsp3) is 0.407. The molecular formula is C27H34N6O4. The van der Waals surface area contributed by atoms with E-state index in [-0.39, 0.29) is 22.9 Å². The Balaban J connectivity index is 1.22. The van der Waals surface area contributed by atoms with Crippen LogP contribution in [0, 0.1) is 5.92 Å². The summed E-state index contributed by atoms with van der Waals surface area (Å²) in [6.45, 7) is 8.82. The van der Waals surface area contributed by atoms with E-state index in [0.29, 0.717) is 29.6 Å². The molecule has 4 N–H and O–H groups in total. The van der Waals surface area contributed by atoms with Crippen LogP contribution in [-0.2, 0) is 5.41 Å². The van der Waals surface area contributed by atoms with Crippen LogP contribution >= 0.6 is 0 Å². The van der Waals surface area contributed by atoms with Gasteiger partial charge in [0.1, 0.15) is 11.4 Å². The number of amides is 3. The molecule has 1 aliphatic heterocycles. The number of carbonyl (C=O) groups is 2. The number of rotatable bonds is 8. The van der Waals surface area contributed by atoms with Crippen LogP contribution < -0.4 is 26.0 Å². The van der Waals surface area contributed by atoms with E-state index in [1.165, 1.54) is 12.8 Å². The molecule has 1 aromatic carbocycles. The normalized spacial score (nSPS) is 14.1. The van der Waals surface area contributed by atoms with Crippen molar-refractivity contribution in [1.29, 1.82) is 0 Å². The van der Waals surface area contributed by atoms with Gasteiger partial charge in [0.25, 0.3) is 5.91 Å². The second-order valence-corrected chi connectivity index (χ2v) is 10.1. The van der Waals surface area contributed by atoms with E-state index in [4.69, 9.17) is 9.26 Å². The number of hydrogen-bond acceptors (Lipinski definition) is 7. The van der Waals surface area contributed by atoms with Crippen LogP contribution in [0.1, 0.15) is 56.2 Å². The van der Waals surface area contributed by atoms with Gasteiger partial charge in [-0.3, -0.25) is 10.1 Å². The summed E-state index contributed by atoms with van der Waals surface area (Å²) in [6, 6.07) is 11.4. The van der Waals surface area contributed by atoms with Gasteiger partial charge in [-0.2, -0.15) is 0 Å². The molecule has 3 heterocycles. The number of pyridine rings is 1. The second-order valence-electron chi connectivity index (χ2n) is 10.1. The summed E-state index contributed by atoms with van der Waals surface area (Å²) < 4.78 is 11.0. The lowest BCUT2D eigenvalue weighted by molar-refractivity contribution is 0.102. The Morgan fingerprint density at radius 2 is 1.73 bits per heavy atom. The van der Waals surface area contributed by atoms with Gasteiger partial charge in [-0.1, -0.05) is 25.9 Å². The Hall–Kier alpha value is -3.92. The maximum Gasteiger partial charge on any atom is 0.326 e. The third kappa shape index (κ3) is 7.78. The monoisotopic (exact) mass is 506 g/mol. The second kappa shape index (κ2) is 11.9. The molecule has 1 saturated heterocycles. The highest BCUT2D eigenvalue weighted by Crippen LogP contribution is 2.24. The molecule has 0 bridgehead atoms. The minimum atomic E-state index is -0.462. The minimum absolute atomic E-state index is 0.183. The standard InChI is InChI=1S/C27H34N6O4/c1-27(2,3)23-16-24(37-33-23)32-26(35)31-20-6-4-19(5-7-20)30-25(34)22-9-8-21(17-29-22)36-15-12-18-10-13-28-14-11-18/h4-9,16-18,28H,10-15H2,1-3H3,(H,30,34)(H2,31,32,35). The van der Waals surface area contributed by atoms with Crippen LogP contribution in [-0.4, -0.2) is 41.8 Å². The molecule has 196 valence electrons. The van der Waals surface area contributed by atoms with Crippen LogP contribution in [0.4, 0.5) is 22.1 Å². The van der Waals surface area contributed by atoms with Crippen LogP contribution in [0.25, 0.3) is 0 Å². The predicted molar refractivity (Wildman–Crippen MR) is 142 cm³/mol. The summed E-state index contributed by atoms with van der Waals surface area (Å²) in [5.41, 5.74) is 1.97. The van der Waals surface area contributed by atoms with Gasteiger partial charge >= 0.3 is 6.03 Å². The Morgan fingerprint density at radius 1 is 1.03 bits per heavy atom. The number of ether oxygens (including phenoxy) is 1. The van der Waals surface area contributed by atoms with Gasteiger partial charge < -0.3 is 25.2 Å². The summed E-state index contributed by atoms with van der Waals surface area (Å²) in [4.78, 5) is 29.1. The molecule has 3 aromatic rings. The molecule has 0 atom stereocenters. The molecule has 0 saturated carbocycles. The lowest BCUT2D eigenvalue weighted by Crippen LogP contribution is -2.28. The van der Waals surface area contributed by atoms with E-state index in [9.17, 15) is 9.59 Å². The van der Waals surface area contributed by atoms with Crippen molar-refractivity contribution in [2.24, 2.45) is 5.92 Å². The van der Waals surface area contributed by atoms with Gasteiger partial charge in [0.2, 0.25) is 5.88 Å². The average molecular weight is 507 g/mol. The lowest BCUT2D eigenvalue weighted by Gasteiger charge is -2.22. The van der Waals surface area contributed by atoms with Gasteiger partial charge in [0.05, 0.1) is 18.5 Å². The molecule has 2 aromatic heterocycles. The molecule has 0 unspecified atom stereocenters. The van der Waals surface area contributed by atoms with Gasteiger partial charge in [-0.05, 0) is 74.7 Å². The van der Waals surface area contributed by atoms with E-state index in [1.54, 1.807) is 48.7 Å². The fourth-order valence-electron chi connectivity index (χ4n) is 3.91. The first-order valence-corrected chi connectivity index (χ1v) is 12.5. The van der Waals surface area contributed by atoms with Crippen molar-refractivity contribution in [2.45, 2.75) is 45.4 Å². The number of urea groups is 1. The number of piperidine rings is 1. The number of carbonyl (C=O) groups excluding carboxylic acids is 2. The van der Waals surface area contributed by atoms with Gasteiger partial charge in [0.15, 0.2) is 0 Å². The third-order valence-electron chi connectivity index (χ3n) is 6.14. The highest BCUT2D eigenvalue weighted by atomic mass is 16.5. The molecule has 3 amide bonds. The summed E-state index contributed by atoms with van der Waals surface area (Å²) in [5, 5.41) is 15.5. The first-order chi connectivity index (χ1) is 17.8. The SMILES string of the molecule is CC(C)(C)c1cc(NC(=O)Nc2ccc(NC(=O)c3ccc(OCCC4CCNCC4)cn3)cc2)on1. The lowest BCUT2D eigenvalue weighted by atomic mass is 9.92. The quantitative estimate of drug-likeness (QED) is 0.337. The van der Waals surface area contributed by atoms with Crippen molar-refractivity contribution in [2.75, 3.05) is 35.6 Å². The third-order valence-corrected chi connectivity index (χ3v) is 6.14. The number of anilines is 3. The molecule has 0 spiro atoms. The Morgan fingerprint density at radius 3 is 2.35 bits per heavy atom. The van der Waals surface area contributed by atoms with Crippen molar-refractivity contribution < 1.29 is 18.8 Å². The number of nitrogens with zero attached hydrogens (tertiary/aromatic N) is 2. The number of hydrogen-bond donors (Lipinski definition) is 4. The molecule has 1 fully saturated rings. The minimum Gasteiger partial charge on any atom is -0.492 e. The van der Waals surface area contributed by atoms with Crippen molar-refractivity contribution >= 4 is 29.2 Å². The molecule has 37 heavy (non-hydrogen) atoms. The van der Waals surface area contributed by atoms with E-state index in [0.717, 1.165) is 25.2 Å². The van der Waals surface area contributed by atoms with Crippen LogP contribution in [0.3, 0.4) is 0 Å². The van der Waals surface area contributed by atoms with E-state index < -0.39 is 6.03 Å². The number of aromatic nitrogens is 2. The Bertz CT molecular complexity index is 1180. The van der Waals surface area contributed by atoms with E-state index >= 15 is 0 Å². The maximum absolute atomic E-state index is 12.6. The van der Waals surface area contributed by atoms with Crippen LogP contribution in [0.5, 0.6) is 5.75 Å². The van der Waals surface area contributed by atoms with Crippen molar-refractivity contribution in [3.8, 4) is 5.75 Å². The van der Waals surface area contributed by atoms with Crippen molar-refractivity contribution in [3.05, 3.63) is 60.0 Å². The number of benzene rings is 1. The van der Waals surface area contributed by atoms with Crippen molar-refractivity contribution in [3.63, 3.8) is 0 Å². The van der Waals surface area contributed by atoms with Crippen molar-refractivity contribution in [1.82, 2.24) is 15.5 Å². The largest absolute Gasteiger partial charge is 0.492 e. The fourth-order valence-corrected chi connectivity index (χ4v) is 3.91. The number of nitrogens with one attached hydrogen (secondary N) is 4. The Labute approximate surface area is 216 Å². The first-order valence-electron chi connectivity index (χ1n) is 12.5. The summed E-state index contributed by atoms with van der Waals surface area (Å²) >= 11 is 0. The van der Waals surface area contributed by atoms with E-state index in [2.05, 4.69) is 31.4 Å². The molecule has 0 radical (unpaired) electrons. The van der Waals surface area contributed by atoms with Crippen LogP contribution in [0.15, 0.2) is 53.2 Å². The molecule has 1 aliphatic rings. The van der Waals surface area contributed by atoms with Gasteiger partial charge in [-0.25, -0.2) is 9.78 Å². The topological polar surface area (TPSA) is 130 Å². The predicted octanol–water partition coefficient (Wildman–Crippen LogP) is 5.03. The molecule has 4 rings (SSSR count). The molecule has 0 aliphatic carbocycles. The smallest absolute Gasteiger partial charge is 0.326 e. The summed E-state index contributed by atoms with van der Waals surface area (Å²) in [7, 11) is 0.